The van der Waals surface area contributed by atoms with Gasteiger partial charge in [-0.2, -0.15) is 0 Å². The summed E-state index contributed by atoms with van der Waals surface area (Å²) in [4.78, 5) is 11.5. The quantitative estimate of drug-likeness (QED) is 0.378. The maximum Gasteiger partial charge on any atom is 0.308 e. The Labute approximate surface area is 120 Å². The van der Waals surface area contributed by atoms with E-state index in [1.165, 1.54) is 0 Å². The molecule has 0 spiro atoms. The zero-order chi connectivity index (χ0) is 15.1. The molecule has 3 nitrogen and oxygen atoms in total. The Morgan fingerprint density at radius 1 is 1.21 bits per heavy atom. The van der Waals surface area contributed by atoms with Gasteiger partial charge >= 0.3 is 5.97 Å². The Kier molecular flexibility index (Phi) is 7.90. The first-order valence-electron chi connectivity index (χ1n) is 7.42. The van der Waals surface area contributed by atoms with Gasteiger partial charge in [-0.3, -0.25) is 4.79 Å². The van der Waals surface area contributed by atoms with E-state index in [-0.39, 0.29) is 16.9 Å². The van der Waals surface area contributed by atoms with Crippen molar-refractivity contribution in [1.29, 1.82) is 0 Å². The Morgan fingerprint density at radius 2 is 1.79 bits per heavy atom. The molecule has 0 amide bonds. The lowest BCUT2D eigenvalue weighted by molar-refractivity contribution is -0.147. The van der Waals surface area contributed by atoms with E-state index in [9.17, 15) is 4.79 Å². The summed E-state index contributed by atoms with van der Waals surface area (Å²) in [5, 5.41) is 0.269. The monoisotopic (exact) mass is 288 g/mol. The highest BCUT2D eigenvalue weighted by Gasteiger charge is 2.36. The van der Waals surface area contributed by atoms with Gasteiger partial charge in [0.25, 0.3) is 0 Å². The molecule has 0 aliphatic heterocycles. The van der Waals surface area contributed by atoms with Crippen molar-refractivity contribution in [2.45, 2.75) is 72.0 Å². The highest BCUT2D eigenvalue weighted by molar-refractivity contribution is 6.74. The van der Waals surface area contributed by atoms with Crippen LogP contribution in [-0.4, -0.2) is 27.5 Å². The van der Waals surface area contributed by atoms with Gasteiger partial charge in [0.1, 0.15) is 0 Å². The molecule has 0 bridgehead atoms. The number of hydrogen-bond acceptors (Lipinski definition) is 3. The Bertz CT molecular complexity index is 269. The summed E-state index contributed by atoms with van der Waals surface area (Å²) in [5.41, 5.74) is 0. The molecule has 0 saturated carbocycles. The predicted octanol–water partition coefficient (Wildman–Crippen LogP) is 4.38. The van der Waals surface area contributed by atoms with Gasteiger partial charge in [-0.15, -0.1) is 0 Å². The molecular weight excluding hydrogens is 256 g/mol. The van der Waals surface area contributed by atoms with Gasteiger partial charge in [0, 0.05) is 6.61 Å². The number of carbonyl (C=O) groups excluding carboxylic acids is 1. The van der Waals surface area contributed by atoms with Gasteiger partial charge in [-0.25, -0.2) is 0 Å². The van der Waals surface area contributed by atoms with Crippen molar-refractivity contribution in [3.05, 3.63) is 0 Å². The van der Waals surface area contributed by atoms with Gasteiger partial charge in [0.05, 0.1) is 12.5 Å². The van der Waals surface area contributed by atoms with E-state index in [4.69, 9.17) is 9.16 Å². The van der Waals surface area contributed by atoms with E-state index in [0.717, 1.165) is 25.9 Å². The number of hydrogen-bond donors (Lipinski definition) is 0. The second-order valence-electron chi connectivity index (χ2n) is 6.76. The standard InChI is InChI=1S/C15H32O3Si/c1-8-17-14(16)13(2)11-9-10-12-18-19(6,7)15(3,4)5/h13H,8-12H2,1-7H3/t13-/m0/s1. The molecule has 19 heavy (non-hydrogen) atoms. The summed E-state index contributed by atoms with van der Waals surface area (Å²) in [6.07, 6.45) is 2.94. The van der Waals surface area contributed by atoms with Gasteiger partial charge in [-0.1, -0.05) is 34.1 Å². The van der Waals surface area contributed by atoms with E-state index in [2.05, 4.69) is 33.9 Å². The minimum atomic E-state index is -1.61. The molecule has 0 aliphatic carbocycles. The molecule has 0 saturated heterocycles. The lowest BCUT2D eigenvalue weighted by Gasteiger charge is -2.36. The van der Waals surface area contributed by atoms with E-state index in [1.807, 2.05) is 13.8 Å². The largest absolute Gasteiger partial charge is 0.466 e. The lowest BCUT2D eigenvalue weighted by Crippen LogP contribution is -2.40. The fraction of sp³-hybridized carbons (Fsp3) is 0.933. The smallest absolute Gasteiger partial charge is 0.308 e. The molecule has 1 atom stereocenters. The maximum absolute atomic E-state index is 11.5. The van der Waals surface area contributed by atoms with E-state index in [0.29, 0.717) is 6.61 Å². The van der Waals surface area contributed by atoms with Crippen molar-refractivity contribution in [1.82, 2.24) is 0 Å². The van der Waals surface area contributed by atoms with Crippen LogP contribution in [0.1, 0.15) is 53.9 Å². The summed E-state index contributed by atoms with van der Waals surface area (Å²) in [7, 11) is -1.61. The fourth-order valence-corrected chi connectivity index (χ4v) is 2.59. The average molecular weight is 289 g/mol. The van der Waals surface area contributed by atoms with Crippen molar-refractivity contribution in [3.63, 3.8) is 0 Å². The molecule has 0 aromatic carbocycles. The highest BCUT2D eigenvalue weighted by atomic mass is 28.4. The molecule has 0 aliphatic rings. The molecule has 0 fully saturated rings. The van der Waals surface area contributed by atoms with Crippen molar-refractivity contribution >= 4 is 14.3 Å². The summed E-state index contributed by atoms with van der Waals surface area (Å²) in [5.74, 6) is -0.0689. The number of esters is 1. The third-order valence-corrected chi connectivity index (χ3v) is 8.53. The van der Waals surface area contributed by atoms with Crippen molar-refractivity contribution in [2.24, 2.45) is 5.92 Å². The average Bonchev–Trinajstić information content (AvgIpc) is 2.26. The van der Waals surface area contributed by atoms with Crippen LogP contribution in [0.15, 0.2) is 0 Å². The molecule has 0 rings (SSSR count). The van der Waals surface area contributed by atoms with Crippen molar-refractivity contribution in [3.8, 4) is 0 Å². The van der Waals surface area contributed by atoms with Crippen LogP contribution in [0.5, 0.6) is 0 Å². The molecule has 0 unspecified atom stereocenters. The molecule has 4 heteroatoms. The molecule has 0 heterocycles. The summed E-state index contributed by atoms with van der Waals surface area (Å²) in [6, 6.07) is 0. The molecule has 114 valence electrons. The Balaban J connectivity index is 3.80. The number of rotatable bonds is 8. The van der Waals surface area contributed by atoms with Crippen molar-refractivity contribution in [2.75, 3.05) is 13.2 Å². The van der Waals surface area contributed by atoms with Crippen molar-refractivity contribution < 1.29 is 14.0 Å². The zero-order valence-electron chi connectivity index (χ0n) is 13.8. The summed E-state index contributed by atoms with van der Waals surface area (Å²) >= 11 is 0. The minimum absolute atomic E-state index is 0.00724. The fourth-order valence-electron chi connectivity index (χ4n) is 1.50. The summed E-state index contributed by atoms with van der Waals surface area (Å²) < 4.78 is 11.1. The molecular formula is C15H32O3Si. The minimum Gasteiger partial charge on any atom is -0.466 e. The lowest BCUT2D eigenvalue weighted by atomic mass is 10.0. The first-order valence-corrected chi connectivity index (χ1v) is 10.3. The highest BCUT2D eigenvalue weighted by Crippen LogP contribution is 2.36. The number of unbranched alkanes of at least 4 members (excludes halogenated alkanes) is 1. The van der Waals surface area contributed by atoms with Crippen LogP contribution in [0, 0.1) is 5.92 Å². The molecule has 0 radical (unpaired) electrons. The van der Waals surface area contributed by atoms with E-state index in [1.54, 1.807) is 0 Å². The van der Waals surface area contributed by atoms with Crippen LogP contribution in [0.2, 0.25) is 18.1 Å². The van der Waals surface area contributed by atoms with Crippen LogP contribution in [-0.2, 0) is 14.0 Å². The van der Waals surface area contributed by atoms with E-state index >= 15 is 0 Å². The third-order valence-electron chi connectivity index (χ3n) is 3.99. The van der Waals surface area contributed by atoms with Crippen LogP contribution >= 0.6 is 0 Å². The molecule has 0 aromatic heterocycles. The second kappa shape index (κ2) is 8.05. The molecule has 0 N–H and O–H groups in total. The second-order valence-corrected chi connectivity index (χ2v) is 11.6. The number of ether oxygens (including phenoxy) is 1. The van der Waals surface area contributed by atoms with Gasteiger partial charge in [-0.05, 0) is 37.9 Å². The van der Waals surface area contributed by atoms with Crippen LogP contribution < -0.4 is 0 Å². The van der Waals surface area contributed by atoms with Gasteiger partial charge < -0.3 is 9.16 Å². The van der Waals surface area contributed by atoms with Gasteiger partial charge in [0.15, 0.2) is 8.32 Å². The van der Waals surface area contributed by atoms with Gasteiger partial charge in [0.2, 0.25) is 0 Å². The SMILES string of the molecule is CCOC(=O)[C@@H](C)CCCCO[Si](C)(C)C(C)(C)C. The van der Waals surface area contributed by atoms with Crippen LogP contribution in [0.25, 0.3) is 0 Å². The zero-order valence-corrected chi connectivity index (χ0v) is 14.8. The molecule has 0 aromatic rings. The third kappa shape index (κ3) is 7.11. The Morgan fingerprint density at radius 3 is 2.26 bits per heavy atom. The summed E-state index contributed by atoms with van der Waals surface area (Å²) in [6.45, 7) is 16.4. The predicted molar refractivity (Wildman–Crippen MR) is 82.8 cm³/mol. The first kappa shape index (κ1) is 18.6. The van der Waals surface area contributed by atoms with E-state index < -0.39 is 8.32 Å². The topological polar surface area (TPSA) is 35.5 Å². The van der Waals surface area contributed by atoms with Crippen LogP contribution in [0.3, 0.4) is 0 Å². The maximum atomic E-state index is 11.5. The normalized spacial score (nSPS) is 14.3. The first-order chi connectivity index (χ1) is 8.62. The Hall–Kier alpha value is -0.353. The van der Waals surface area contributed by atoms with Crippen LogP contribution in [0.4, 0.5) is 0 Å². The number of carbonyl (C=O) groups is 1.